The fourth-order valence-corrected chi connectivity index (χ4v) is 5.43. The van der Waals surface area contributed by atoms with Crippen molar-refractivity contribution in [1.29, 1.82) is 0 Å². The second kappa shape index (κ2) is 12.7. The van der Waals surface area contributed by atoms with E-state index in [1.807, 2.05) is 18.2 Å². The Morgan fingerprint density at radius 2 is 1.60 bits per heavy atom. The van der Waals surface area contributed by atoms with Crippen LogP contribution in [0.25, 0.3) is 10.8 Å². The molecule has 0 radical (unpaired) electrons. The molecule has 0 aromatic heterocycles. The molecule has 1 heteroatoms. The van der Waals surface area contributed by atoms with Gasteiger partial charge in [0.15, 0.2) is 0 Å². The summed E-state index contributed by atoms with van der Waals surface area (Å²) in [6.07, 6.45) is 15.8. The Hall–Kier alpha value is -2.85. The van der Waals surface area contributed by atoms with E-state index in [4.69, 9.17) is 0 Å². The number of hydrogen-bond acceptors (Lipinski definition) is 0. The van der Waals surface area contributed by atoms with Crippen molar-refractivity contribution in [3.05, 3.63) is 95.3 Å². The van der Waals surface area contributed by atoms with Gasteiger partial charge in [0.05, 0.1) is 5.56 Å². The van der Waals surface area contributed by atoms with Crippen LogP contribution in [0, 0.1) is 29.5 Å². The molecule has 0 saturated heterocycles. The van der Waals surface area contributed by atoms with Gasteiger partial charge in [0, 0.05) is 10.9 Å². The van der Waals surface area contributed by atoms with Gasteiger partial charge in [-0.25, -0.2) is 4.39 Å². The standard InChI is InChI=1S/C34H39F/c1-3-5-6-8-30-20-24-33-32(25-30)23-22-31(34(33)35)21-19-29-17-15-28(16-18-29)14-13-27-11-9-26(7-4-2)10-12-27/h4,15-18,20,22-27H,2-3,5-14H2,1H3. The summed E-state index contributed by atoms with van der Waals surface area (Å²) < 4.78 is 15.1. The van der Waals surface area contributed by atoms with E-state index < -0.39 is 0 Å². The molecule has 0 amide bonds. The van der Waals surface area contributed by atoms with Crippen molar-refractivity contribution in [2.75, 3.05) is 0 Å². The Morgan fingerprint density at radius 1 is 0.857 bits per heavy atom. The van der Waals surface area contributed by atoms with E-state index >= 15 is 4.39 Å². The van der Waals surface area contributed by atoms with Gasteiger partial charge in [-0.3, -0.25) is 0 Å². The van der Waals surface area contributed by atoms with E-state index in [1.54, 1.807) is 0 Å². The van der Waals surface area contributed by atoms with Gasteiger partial charge >= 0.3 is 0 Å². The fraction of sp³-hybridized carbons (Fsp3) is 0.412. The molecule has 3 aromatic rings. The average Bonchev–Trinajstić information content (AvgIpc) is 2.89. The topological polar surface area (TPSA) is 0 Å². The van der Waals surface area contributed by atoms with Gasteiger partial charge in [0.2, 0.25) is 0 Å². The molecule has 0 aliphatic heterocycles. The molecule has 0 atom stereocenters. The van der Waals surface area contributed by atoms with Crippen LogP contribution in [0.15, 0.2) is 67.3 Å². The summed E-state index contributed by atoms with van der Waals surface area (Å²) in [5.41, 5.74) is 4.05. The number of benzene rings is 3. The Morgan fingerprint density at radius 3 is 2.34 bits per heavy atom. The molecule has 0 nitrogen and oxygen atoms in total. The SMILES string of the molecule is C=CCC1CCC(CCc2ccc(C#Cc3ccc4cc(CCCCC)ccc4c3F)cc2)CC1. The molecule has 182 valence electrons. The van der Waals surface area contributed by atoms with Crippen LogP contribution >= 0.6 is 0 Å². The first kappa shape index (κ1) is 25.2. The molecule has 0 heterocycles. The maximum Gasteiger partial charge on any atom is 0.146 e. The van der Waals surface area contributed by atoms with Crippen molar-refractivity contribution >= 4 is 10.8 Å². The number of unbranched alkanes of at least 4 members (excludes halogenated alkanes) is 2. The minimum atomic E-state index is -0.213. The monoisotopic (exact) mass is 466 g/mol. The number of allylic oxidation sites excluding steroid dienone is 1. The summed E-state index contributed by atoms with van der Waals surface area (Å²) in [5.74, 6) is 7.74. The minimum absolute atomic E-state index is 0.213. The fourth-order valence-electron chi connectivity index (χ4n) is 5.43. The minimum Gasteiger partial charge on any atom is -0.205 e. The van der Waals surface area contributed by atoms with Gasteiger partial charge < -0.3 is 0 Å². The molecule has 0 N–H and O–H groups in total. The zero-order valence-corrected chi connectivity index (χ0v) is 21.3. The van der Waals surface area contributed by atoms with Crippen molar-refractivity contribution in [2.24, 2.45) is 11.8 Å². The van der Waals surface area contributed by atoms with Crippen LogP contribution in [-0.4, -0.2) is 0 Å². The third-order valence-electron chi connectivity index (χ3n) is 7.69. The predicted molar refractivity (Wildman–Crippen MR) is 148 cm³/mol. The lowest BCUT2D eigenvalue weighted by Crippen LogP contribution is -2.14. The largest absolute Gasteiger partial charge is 0.205 e. The summed E-state index contributed by atoms with van der Waals surface area (Å²) in [6.45, 7) is 6.10. The van der Waals surface area contributed by atoms with Crippen molar-refractivity contribution in [3.8, 4) is 11.8 Å². The lowest BCUT2D eigenvalue weighted by atomic mass is 9.78. The lowest BCUT2D eigenvalue weighted by Gasteiger charge is -2.27. The van der Waals surface area contributed by atoms with E-state index in [2.05, 4.69) is 67.8 Å². The van der Waals surface area contributed by atoms with Gasteiger partial charge in [-0.2, -0.15) is 0 Å². The van der Waals surface area contributed by atoms with Crippen LogP contribution < -0.4 is 0 Å². The quantitative estimate of drug-likeness (QED) is 0.167. The maximum absolute atomic E-state index is 15.1. The number of rotatable bonds is 9. The Balaban J connectivity index is 1.34. The molecule has 0 spiro atoms. The van der Waals surface area contributed by atoms with Crippen molar-refractivity contribution in [2.45, 2.75) is 77.6 Å². The van der Waals surface area contributed by atoms with Gasteiger partial charge in [-0.05, 0) is 91.5 Å². The Bertz CT molecular complexity index is 1170. The summed E-state index contributed by atoms with van der Waals surface area (Å²) >= 11 is 0. The highest BCUT2D eigenvalue weighted by atomic mass is 19.1. The Labute approximate surface area is 211 Å². The van der Waals surface area contributed by atoms with E-state index in [9.17, 15) is 0 Å². The molecule has 0 unspecified atom stereocenters. The zero-order chi connectivity index (χ0) is 24.5. The highest BCUT2D eigenvalue weighted by molar-refractivity contribution is 5.85. The third kappa shape index (κ3) is 7.08. The third-order valence-corrected chi connectivity index (χ3v) is 7.69. The molecule has 1 aliphatic rings. The van der Waals surface area contributed by atoms with Crippen LogP contribution in [-0.2, 0) is 12.8 Å². The first-order chi connectivity index (χ1) is 17.2. The van der Waals surface area contributed by atoms with E-state index in [0.29, 0.717) is 10.9 Å². The highest BCUT2D eigenvalue weighted by Crippen LogP contribution is 2.33. The normalized spacial score (nSPS) is 17.7. The molecular formula is C34H39F. The number of fused-ring (bicyclic) bond motifs is 1. The number of aryl methyl sites for hydroxylation is 2. The van der Waals surface area contributed by atoms with Crippen molar-refractivity contribution in [3.63, 3.8) is 0 Å². The predicted octanol–water partition coefficient (Wildman–Crippen LogP) is 9.43. The van der Waals surface area contributed by atoms with E-state index in [-0.39, 0.29) is 5.82 Å². The van der Waals surface area contributed by atoms with Gasteiger partial charge in [-0.15, -0.1) is 6.58 Å². The zero-order valence-electron chi connectivity index (χ0n) is 21.3. The van der Waals surface area contributed by atoms with Gasteiger partial charge in [-0.1, -0.05) is 86.9 Å². The molecule has 1 saturated carbocycles. The summed E-state index contributed by atoms with van der Waals surface area (Å²) in [6, 6.07) is 18.4. The van der Waals surface area contributed by atoms with Crippen LogP contribution in [0.4, 0.5) is 4.39 Å². The molecule has 1 aliphatic carbocycles. The smallest absolute Gasteiger partial charge is 0.146 e. The van der Waals surface area contributed by atoms with Crippen LogP contribution in [0.5, 0.6) is 0 Å². The summed E-state index contributed by atoms with van der Waals surface area (Å²) in [4.78, 5) is 0. The van der Waals surface area contributed by atoms with Gasteiger partial charge in [0.25, 0.3) is 0 Å². The molecular weight excluding hydrogens is 427 g/mol. The molecule has 0 bridgehead atoms. The van der Waals surface area contributed by atoms with Gasteiger partial charge in [0.1, 0.15) is 5.82 Å². The lowest BCUT2D eigenvalue weighted by molar-refractivity contribution is 0.265. The summed E-state index contributed by atoms with van der Waals surface area (Å²) in [7, 11) is 0. The number of hydrogen-bond donors (Lipinski definition) is 0. The summed E-state index contributed by atoms with van der Waals surface area (Å²) in [5, 5.41) is 1.62. The highest BCUT2D eigenvalue weighted by Gasteiger charge is 2.19. The van der Waals surface area contributed by atoms with Crippen molar-refractivity contribution in [1.82, 2.24) is 0 Å². The van der Waals surface area contributed by atoms with Crippen LogP contribution in [0.1, 0.15) is 87.0 Å². The molecule has 3 aromatic carbocycles. The first-order valence-corrected chi connectivity index (χ1v) is 13.6. The average molecular weight is 467 g/mol. The van der Waals surface area contributed by atoms with Crippen LogP contribution in [0.3, 0.4) is 0 Å². The van der Waals surface area contributed by atoms with Crippen LogP contribution in [0.2, 0.25) is 0 Å². The number of halogens is 1. The molecule has 4 rings (SSSR count). The van der Waals surface area contributed by atoms with E-state index in [1.165, 1.54) is 68.9 Å². The van der Waals surface area contributed by atoms with Crippen molar-refractivity contribution < 1.29 is 4.39 Å². The molecule has 1 fully saturated rings. The molecule has 35 heavy (non-hydrogen) atoms. The maximum atomic E-state index is 15.1. The second-order valence-electron chi connectivity index (χ2n) is 10.3. The first-order valence-electron chi connectivity index (χ1n) is 13.6. The van der Waals surface area contributed by atoms with E-state index in [0.717, 1.165) is 35.6 Å². The Kier molecular flexibility index (Phi) is 9.19. The second-order valence-corrected chi connectivity index (χ2v) is 10.3.